The fourth-order valence-electron chi connectivity index (χ4n) is 3.67. The lowest BCUT2D eigenvalue weighted by molar-refractivity contribution is -0.142. The molecule has 2 aliphatic rings. The minimum Gasteiger partial charge on any atom is -0.444 e. The highest BCUT2D eigenvalue weighted by molar-refractivity contribution is 5.88. The Kier molecular flexibility index (Phi) is 5.09. The fourth-order valence-corrected chi connectivity index (χ4v) is 3.67. The molecule has 132 valence electrons. The number of ether oxygens (including phenoxy) is 2. The Bertz CT molecular complexity index is 466. The van der Waals surface area contributed by atoms with Crippen LogP contribution in [-0.4, -0.2) is 47.7 Å². The van der Waals surface area contributed by atoms with E-state index in [4.69, 9.17) is 9.47 Å². The number of hydrogen-bond acceptors (Lipinski definition) is 4. The van der Waals surface area contributed by atoms with E-state index in [1.54, 1.807) is 4.90 Å². The lowest BCUT2D eigenvalue weighted by Crippen LogP contribution is -2.60. The van der Waals surface area contributed by atoms with Crippen LogP contribution in [0.25, 0.3) is 0 Å². The molecule has 2 rings (SSSR count). The summed E-state index contributed by atoms with van der Waals surface area (Å²) in [6, 6.07) is -0.304. The molecular formula is C18H31NO4. The van der Waals surface area contributed by atoms with Crippen LogP contribution in [0.15, 0.2) is 0 Å². The van der Waals surface area contributed by atoms with Gasteiger partial charge < -0.3 is 9.47 Å². The molecule has 1 aliphatic heterocycles. The summed E-state index contributed by atoms with van der Waals surface area (Å²) in [6.45, 7) is 12.4. The Hall–Kier alpha value is -1.10. The Balaban J connectivity index is 2.23. The first-order valence-corrected chi connectivity index (χ1v) is 8.66. The lowest BCUT2D eigenvalue weighted by atomic mass is 9.68. The van der Waals surface area contributed by atoms with Crippen molar-refractivity contribution >= 4 is 11.9 Å². The van der Waals surface area contributed by atoms with E-state index in [9.17, 15) is 9.59 Å². The van der Waals surface area contributed by atoms with Gasteiger partial charge in [0.1, 0.15) is 11.4 Å². The normalized spacial score (nSPS) is 31.8. The Labute approximate surface area is 139 Å². The van der Waals surface area contributed by atoms with Crippen LogP contribution < -0.4 is 0 Å². The van der Waals surface area contributed by atoms with Gasteiger partial charge >= 0.3 is 6.09 Å². The Morgan fingerprint density at radius 3 is 2.57 bits per heavy atom. The minimum atomic E-state index is -0.546. The largest absolute Gasteiger partial charge is 0.444 e. The maximum Gasteiger partial charge on any atom is 0.410 e. The van der Waals surface area contributed by atoms with Gasteiger partial charge in [-0.05, 0) is 40.5 Å². The third kappa shape index (κ3) is 4.06. The zero-order chi connectivity index (χ0) is 17.4. The topological polar surface area (TPSA) is 55.8 Å². The average Bonchev–Trinajstić information content (AvgIpc) is 2.39. The van der Waals surface area contributed by atoms with E-state index in [0.717, 1.165) is 19.3 Å². The molecule has 1 saturated carbocycles. The second-order valence-corrected chi connectivity index (χ2v) is 8.59. The molecule has 1 saturated heterocycles. The molecule has 1 amide bonds. The molecule has 1 aliphatic carbocycles. The molecule has 0 aromatic heterocycles. The molecule has 5 heteroatoms. The third-order valence-electron chi connectivity index (χ3n) is 4.87. The van der Waals surface area contributed by atoms with Crippen LogP contribution in [0.2, 0.25) is 0 Å². The van der Waals surface area contributed by atoms with Gasteiger partial charge in [0.25, 0.3) is 0 Å². The number of hydrogen-bond donors (Lipinski definition) is 0. The number of Topliss-reactive ketones (excluding diaryl/α,β-unsaturated/α-hetero) is 1. The first kappa shape index (κ1) is 18.2. The molecule has 0 bridgehead atoms. The summed E-state index contributed by atoms with van der Waals surface area (Å²) in [7, 11) is 0. The molecule has 1 heterocycles. The highest BCUT2D eigenvalue weighted by Gasteiger charge is 2.47. The maximum atomic E-state index is 12.9. The fraction of sp³-hybridized carbons (Fsp3) is 0.889. The Morgan fingerprint density at radius 1 is 1.30 bits per heavy atom. The van der Waals surface area contributed by atoms with Gasteiger partial charge in [-0.15, -0.1) is 0 Å². The average molecular weight is 325 g/mol. The number of carbonyl (C=O) groups excluding carboxylic acids is 2. The molecular weight excluding hydrogens is 294 g/mol. The van der Waals surface area contributed by atoms with Gasteiger partial charge in [-0.3, -0.25) is 9.69 Å². The molecule has 5 nitrogen and oxygen atoms in total. The van der Waals surface area contributed by atoms with Crippen molar-refractivity contribution in [2.45, 2.75) is 78.5 Å². The summed E-state index contributed by atoms with van der Waals surface area (Å²) >= 11 is 0. The molecule has 3 unspecified atom stereocenters. The van der Waals surface area contributed by atoms with Crippen LogP contribution >= 0.6 is 0 Å². The minimum absolute atomic E-state index is 0.0820. The number of amides is 1. The van der Waals surface area contributed by atoms with E-state index >= 15 is 0 Å². The van der Waals surface area contributed by atoms with Gasteiger partial charge in [-0.2, -0.15) is 0 Å². The van der Waals surface area contributed by atoms with Gasteiger partial charge in [0, 0.05) is 11.3 Å². The molecule has 23 heavy (non-hydrogen) atoms. The van der Waals surface area contributed by atoms with E-state index in [2.05, 4.69) is 0 Å². The van der Waals surface area contributed by atoms with Gasteiger partial charge in [0.15, 0.2) is 0 Å². The third-order valence-corrected chi connectivity index (χ3v) is 4.87. The predicted octanol–water partition coefficient (Wildman–Crippen LogP) is 3.41. The van der Waals surface area contributed by atoms with Crippen molar-refractivity contribution in [1.29, 1.82) is 0 Å². The number of morpholine rings is 1. The summed E-state index contributed by atoms with van der Waals surface area (Å²) in [6.07, 6.45) is 2.41. The number of rotatable bonds is 1. The summed E-state index contributed by atoms with van der Waals surface area (Å²) < 4.78 is 11.2. The molecule has 3 atom stereocenters. The summed E-state index contributed by atoms with van der Waals surface area (Å²) in [4.78, 5) is 27.3. The summed E-state index contributed by atoms with van der Waals surface area (Å²) in [5, 5.41) is 0. The maximum absolute atomic E-state index is 12.9. The van der Waals surface area contributed by atoms with Gasteiger partial charge in [0.05, 0.1) is 25.3 Å². The van der Waals surface area contributed by atoms with Crippen molar-refractivity contribution in [3.8, 4) is 0 Å². The van der Waals surface area contributed by atoms with E-state index in [1.165, 1.54) is 0 Å². The van der Waals surface area contributed by atoms with Crippen LogP contribution in [0.4, 0.5) is 4.79 Å². The van der Waals surface area contributed by atoms with Crippen molar-refractivity contribution in [2.24, 2.45) is 11.3 Å². The van der Waals surface area contributed by atoms with Crippen molar-refractivity contribution < 1.29 is 19.1 Å². The van der Waals surface area contributed by atoms with Crippen molar-refractivity contribution in [3.05, 3.63) is 0 Å². The molecule has 0 aromatic rings. The first-order valence-electron chi connectivity index (χ1n) is 8.66. The molecule has 0 N–H and O–H groups in total. The van der Waals surface area contributed by atoms with Crippen LogP contribution in [-0.2, 0) is 14.3 Å². The van der Waals surface area contributed by atoms with Crippen LogP contribution in [0.1, 0.15) is 60.8 Å². The Morgan fingerprint density at radius 2 is 1.96 bits per heavy atom. The highest BCUT2D eigenvalue weighted by Crippen LogP contribution is 2.39. The molecule has 2 fully saturated rings. The number of nitrogens with zero attached hydrogens (tertiary/aromatic N) is 1. The van der Waals surface area contributed by atoms with Crippen molar-refractivity contribution in [2.75, 3.05) is 13.2 Å². The smallest absolute Gasteiger partial charge is 0.410 e. The van der Waals surface area contributed by atoms with E-state index in [0.29, 0.717) is 13.2 Å². The van der Waals surface area contributed by atoms with E-state index < -0.39 is 5.60 Å². The summed E-state index contributed by atoms with van der Waals surface area (Å²) in [5.41, 5.74) is -0.862. The first-order chi connectivity index (χ1) is 10.5. The SMILES string of the molecule is CC1COCC(C2CCCC(C)(C)C2=O)N1C(=O)OC(C)(C)C. The quantitative estimate of drug-likeness (QED) is 0.741. The van der Waals surface area contributed by atoms with Gasteiger partial charge in [0.2, 0.25) is 0 Å². The summed E-state index contributed by atoms with van der Waals surface area (Å²) in [5.74, 6) is 0.0917. The van der Waals surface area contributed by atoms with Crippen LogP contribution in [0.5, 0.6) is 0 Å². The van der Waals surface area contributed by atoms with E-state index in [-0.39, 0.29) is 35.3 Å². The standard InChI is InChI=1S/C18H31NO4/c1-12-10-22-11-14(19(12)16(21)23-17(2,3)4)13-8-7-9-18(5,6)15(13)20/h12-14H,7-11H2,1-6H3. The zero-order valence-corrected chi connectivity index (χ0v) is 15.3. The lowest BCUT2D eigenvalue weighted by Gasteiger charge is -2.46. The number of ketones is 1. The highest BCUT2D eigenvalue weighted by atomic mass is 16.6. The van der Waals surface area contributed by atoms with Crippen LogP contribution in [0, 0.1) is 11.3 Å². The second kappa shape index (κ2) is 6.42. The zero-order valence-electron chi connectivity index (χ0n) is 15.3. The predicted molar refractivity (Wildman–Crippen MR) is 88.3 cm³/mol. The number of carbonyl (C=O) groups is 2. The van der Waals surface area contributed by atoms with Crippen molar-refractivity contribution in [1.82, 2.24) is 4.90 Å². The van der Waals surface area contributed by atoms with Gasteiger partial charge in [-0.1, -0.05) is 20.3 Å². The molecule has 0 aromatic carbocycles. The molecule has 0 spiro atoms. The van der Waals surface area contributed by atoms with Crippen molar-refractivity contribution in [3.63, 3.8) is 0 Å². The van der Waals surface area contributed by atoms with E-state index in [1.807, 2.05) is 41.5 Å². The van der Waals surface area contributed by atoms with Gasteiger partial charge in [-0.25, -0.2) is 4.79 Å². The second-order valence-electron chi connectivity index (χ2n) is 8.59. The molecule has 0 radical (unpaired) electrons. The monoisotopic (exact) mass is 325 g/mol. The van der Waals surface area contributed by atoms with Crippen LogP contribution in [0.3, 0.4) is 0 Å².